The van der Waals surface area contributed by atoms with Gasteiger partial charge in [-0.25, -0.2) is 4.39 Å². The molecule has 33 heavy (non-hydrogen) atoms. The minimum absolute atomic E-state index is 0.139. The molecule has 0 aromatic heterocycles. The highest BCUT2D eigenvalue weighted by molar-refractivity contribution is 5.39. The zero-order valence-electron chi connectivity index (χ0n) is 19.1. The summed E-state index contributed by atoms with van der Waals surface area (Å²) in [5.41, 5.74) is 0.898. The van der Waals surface area contributed by atoms with Crippen LogP contribution in [0.15, 0.2) is 84.9 Å². The van der Waals surface area contributed by atoms with Gasteiger partial charge in [-0.2, -0.15) is 0 Å². The largest absolute Gasteiger partial charge is 0.493 e. The Hall–Kier alpha value is -2.69. The molecule has 0 saturated carbocycles. The predicted octanol–water partition coefficient (Wildman–Crippen LogP) is 5.53. The molecule has 0 atom stereocenters. The minimum Gasteiger partial charge on any atom is -0.493 e. The average molecular weight is 447 g/mol. The first kappa shape index (κ1) is 22.1. The fourth-order valence-electron chi connectivity index (χ4n) is 6.20. The number of aliphatic hydroxyl groups is 1. The van der Waals surface area contributed by atoms with Crippen molar-refractivity contribution in [3.63, 3.8) is 0 Å². The number of hydrogen-bond donors (Lipinski definition) is 1. The maximum atomic E-state index is 13.1. The summed E-state index contributed by atoms with van der Waals surface area (Å²) < 4.78 is 20.0. The van der Waals surface area contributed by atoms with Gasteiger partial charge in [-0.1, -0.05) is 60.7 Å². The standard InChI is InChI=1S/C29H33FNO2/c30-26-12-14-27(15-13-26)33-23-7-19-31-20-16-28(17-21-31,18-22-31)29(32,24-8-3-1-4-9-24)25-10-5-2-6-11-25/h1-6,8-15,32H,7,16-23H2/q+1. The van der Waals surface area contributed by atoms with E-state index in [9.17, 15) is 9.50 Å². The van der Waals surface area contributed by atoms with E-state index in [1.807, 2.05) is 36.4 Å². The molecule has 1 N–H and O–H groups in total. The van der Waals surface area contributed by atoms with Gasteiger partial charge in [-0.05, 0) is 35.4 Å². The molecule has 3 aromatic rings. The minimum atomic E-state index is -0.974. The zero-order chi connectivity index (χ0) is 22.8. The molecule has 3 aliphatic rings. The van der Waals surface area contributed by atoms with Crippen LogP contribution in [0.2, 0.25) is 0 Å². The normalized spacial score (nSPS) is 24.5. The topological polar surface area (TPSA) is 29.5 Å². The molecule has 3 aliphatic heterocycles. The van der Waals surface area contributed by atoms with E-state index >= 15 is 0 Å². The van der Waals surface area contributed by atoms with Crippen LogP contribution >= 0.6 is 0 Å². The van der Waals surface area contributed by atoms with Gasteiger partial charge in [0.2, 0.25) is 0 Å². The second-order valence-corrected chi connectivity index (χ2v) is 9.86. The van der Waals surface area contributed by atoms with Crippen molar-refractivity contribution in [1.29, 1.82) is 0 Å². The maximum absolute atomic E-state index is 13.1. The lowest BCUT2D eigenvalue weighted by atomic mass is 9.56. The molecule has 0 radical (unpaired) electrons. The van der Waals surface area contributed by atoms with Crippen LogP contribution in [0.4, 0.5) is 4.39 Å². The first-order valence-corrected chi connectivity index (χ1v) is 12.1. The van der Waals surface area contributed by atoms with Crippen molar-refractivity contribution < 1.29 is 18.7 Å². The van der Waals surface area contributed by atoms with Crippen LogP contribution in [-0.4, -0.2) is 42.4 Å². The number of quaternary nitrogens is 1. The lowest BCUT2D eigenvalue weighted by Crippen LogP contribution is -2.66. The summed E-state index contributed by atoms with van der Waals surface area (Å²) in [6.07, 6.45) is 4.04. The number of benzene rings is 3. The van der Waals surface area contributed by atoms with Gasteiger partial charge in [-0.15, -0.1) is 0 Å². The Bertz CT molecular complexity index is 988. The molecular weight excluding hydrogens is 413 g/mol. The number of piperidine rings is 3. The van der Waals surface area contributed by atoms with Gasteiger partial charge in [0.15, 0.2) is 0 Å². The van der Waals surface area contributed by atoms with Gasteiger partial charge in [0.05, 0.1) is 32.8 Å². The zero-order valence-corrected chi connectivity index (χ0v) is 19.1. The van der Waals surface area contributed by atoms with Crippen LogP contribution in [0.1, 0.15) is 36.8 Å². The molecule has 0 spiro atoms. The molecule has 3 aromatic carbocycles. The SMILES string of the molecule is OC(c1ccccc1)(c1ccccc1)C12CC[N+](CCCOc3ccc(F)cc3)(CC1)CC2. The van der Waals surface area contributed by atoms with E-state index in [1.54, 1.807) is 12.1 Å². The lowest BCUT2D eigenvalue weighted by Gasteiger charge is -2.60. The summed E-state index contributed by atoms with van der Waals surface area (Å²) in [4.78, 5) is 0. The smallest absolute Gasteiger partial charge is 0.123 e. The molecule has 0 aliphatic carbocycles. The molecule has 3 nitrogen and oxygen atoms in total. The highest BCUT2D eigenvalue weighted by Gasteiger charge is 2.60. The molecule has 3 fully saturated rings. The Morgan fingerprint density at radius 3 is 1.82 bits per heavy atom. The van der Waals surface area contributed by atoms with Gasteiger partial charge in [-0.3, -0.25) is 0 Å². The first-order valence-electron chi connectivity index (χ1n) is 12.1. The van der Waals surface area contributed by atoms with Crippen LogP contribution < -0.4 is 4.74 Å². The van der Waals surface area contributed by atoms with Crippen molar-refractivity contribution in [2.45, 2.75) is 31.3 Å². The molecular formula is C29H33FNO2+. The quantitative estimate of drug-likeness (QED) is 0.364. The van der Waals surface area contributed by atoms with Crippen molar-refractivity contribution in [3.8, 4) is 5.75 Å². The predicted molar refractivity (Wildman–Crippen MR) is 128 cm³/mol. The maximum Gasteiger partial charge on any atom is 0.123 e. The Kier molecular flexibility index (Phi) is 5.98. The highest BCUT2D eigenvalue weighted by Crippen LogP contribution is 2.57. The van der Waals surface area contributed by atoms with Gasteiger partial charge < -0.3 is 14.3 Å². The lowest BCUT2D eigenvalue weighted by molar-refractivity contribution is -0.946. The van der Waals surface area contributed by atoms with Crippen LogP contribution in [0, 0.1) is 11.2 Å². The number of halogens is 1. The van der Waals surface area contributed by atoms with Crippen molar-refractivity contribution in [1.82, 2.24) is 0 Å². The Balaban J connectivity index is 1.28. The van der Waals surface area contributed by atoms with Gasteiger partial charge in [0, 0.05) is 31.1 Å². The molecule has 2 bridgehead atoms. The fraction of sp³-hybridized carbons (Fsp3) is 0.379. The summed E-state index contributed by atoms with van der Waals surface area (Å²) >= 11 is 0. The van der Waals surface area contributed by atoms with E-state index < -0.39 is 5.60 Å². The Morgan fingerprint density at radius 1 is 0.788 bits per heavy atom. The molecule has 4 heteroatoms. The second kappa shape index (κ2) is 8.92. The number of ether oxygens (including phenoxy) is 1. The molecule has 172 valence electrons. The summed E-state index contributed by atoms with van der Waals surface area (Å²) in [5, 5.41) is 12.4. The number of hydrogen-bond acceptors (Lipinski definition) is 2. The number of nitrogens with zero attached hydrogens (tertiary/aromatic N) is 1. The van der Waals surface area contributed by atoms with Crippen LogP contribution in [-0.2, 0) is 5.60 Å². The highest BCUT2D eigenvalue weighted by atomic mass is 19.1. The first-order chi connectivity index (χ1) is 16.1. The van der Waals surface area contributed by atoms with E-state index in [1.165, 1.54) is 12.1 Å². The Morgan fingerprint density at radius 2 is 1.30 bits per heavy atom. The van der Waals surface area contributed by atoms with Crippen molar-refractivity contribution in [2.24, 2.45) is 5.41 Å². The van der Waals surface area contributed by atoms with E-state index in [4.69, 9.17) is 4.74 Å². The molecule has 0 unspecified atom stereocenters. The summed E-state index contributed by atoms with van der Waals surface area (Å²) in [7, 11) is 0. The van der Waals surface area contributed by atoms with E-state index in [2.05, 4.69) is 24.3 Å². The van der Waals surface area contributed by atoms with E-state index in [0.717, 1.165) is 73.2 Å². The van der Waals surface area contributed by atoms with Crippen molar-refractivity contribution >= 4 is 0 Å². The third-order valence-electron chi connectivity index (χ3n) is 8.20. The van der Waals surface area contributed by atoms with E-state index in [-0.39, 0.29) is 11.2 Å². The molecule has 3 saturated heterocycles. The van der Waals surface area contributed by atoms with Gasteiger partial charge >= 0.3 is 0 Å². The average Bonchev–Trinajstić information content (AvgIpc) is 2.89. The van der Waals surface area contributed by atoms with Crippen LogP contribution in [0.25, 0.3) is 0 Å². The summed E-state index contributed by atoms with van der Waals surface area (Å²) in [6, 6.07) is 26.8. The van der Waals surface area contributed by atoms with Crippen molar-refractivity contribution in [3.05, 3.63) is 102 Å². The second-order valence-electron chi connectivity index (χ2n) is 9.86. The van der Waals surface area contributed by atoms with Gasteiger partial charge in [0.25, 0.3) is 0 Å². The van der Waals surface area contributed by atoms with E-state index in [0.29, 0.717) is 6.61 Å². The van der Waals surface area contributed by atoms with Crippen LogP contribution in [0.5, 0.6) is 5.75 Å². The fourth-order valence-corrected chi connectivity index (χ4v) is 6.20. The van der Waals surface area contributed by atoms with Crippen molar-refractivity contribution in [2.75, 3.05) is 32.8 Å². The molecule has 0 amide bonds. The summed E-state index contributed by atoms with van der Waals surface area (Å²) in [5.74, 6) is 0.486. The number of fused-ring (bicyclic) bond motifs is 3. The Labute approximate surface area is 196 Å². The third-order valence-corrected chi connectivity index (χ3v) is 8.20. The molecule has 6 rings (SSSR count). The van der Waals surface area contributed by atoms with Gasteiger partial charge in [0.1, 0.15) is 17.2 Å². The summed E-state index contributed by atoms with van der Waals surface area (Å²) in [6.45, 7) is 5.02. The third kappa shape index (κ3) is 4.07. The monoisotopic (exact) mass is 446 g/mol. The van der Waals surface area contributed by atoms with Crippen LogP contribution in [0.3, 0.4) is 0 Å². The number of rotatable bonds is 8. The molecule has 3 heterocycles.